The molecule has 39 heavy (non-hydrogen) atoms. The molecule has 1 heteroatoms. The second kappa shape index (κ2) is 9.58. The molecule has 5 aromatic rings. The van der Waals surface area contributed by atoms with E-state index < -0.39 is 47.1 Å². The quantitative estimate of drug-likeness (QED) is 0.235. The van der Waals surface area contributed by atoms with Crippen LogP contribution in [0.3, 0.4) is 0 Å². The van der Waals surface area contributed by atoms with Crippen LogP contribution in [0.25, 0.3) is 44.5 Å². The molecule has 0 amide bonds. The minimum atomic E-state index is -0.616. The molecule has 0 fully saturated rings. The maximum atomic E-state index is 9.46. The van der Waals surface area contributed by atoms with Crippen LogP contribution in [0.2, 0.25) is 0 Å². The maximum Gasteiger partial charge on any atom is 0.0636 e. The predicted molar refractivity (Wildman–Crippen MR) is 168 cm³/mol. The summed E-state index contributed by atoms with van der Waals surface area (Å²) in [6.45, 7) is 8.15. The normalized spacial score (nSPS) is 19.4. The molecule has 0 bridgehead atoms. The average Bonchev–Trinajstić information content (AvgIpc) is 3.06. The minimum Gasteiger partial charge on any atom is -0.398 e. The zero-order valence-corrected chi connectivity index (χ0v) is 22.6. The van der Waals surface area contributed by atoms with Crippen molar-refractivity contribution in [1.82, 2.24) is 0 Å². The molecule has 2 N–H and O–H groups in total. The van der Waals surface area contributed by atoms with Crippen LogP contribution in [0.5, 0.6) is 0 Å². The Hall–Kier alpha value is -4.10. The number of para-hydroxylation sites is 1. The van der Waals surface area contributed by atoms with Crippen LogP contribution in [0.1, 0.15) is 66.7 Å². The summed E-state index contributed by atoms with van der Waals surface area (Å²) in [5.74, 6) is 0. The molecule has 0 aliphatic heterocycles. The number of anilines is 1. The standard InChI is InChI=1S/C38H37N/c1-37(2)20-21-38(3,4)35-25-28(18-19-34(35)37)32-16-11-17-33(36(32)39)31-23-29(26-12-7-5-8-13-26)22-30(24-31)27-14-9-6-10-15-27/h5-19,22-25H,20-21,39H2,1-4H3/i5D,7D,8D,12D,13D,18D,19D,22D,23D,24D,25D. The minimum absolute atomic E-state index is 0.0318. The van der Waals surface area contributed by atoms with E-state index in [1.807, 2.05) is 27.7 Å². The Balaban J connectivity index is 1.73. The summed E-state index contributed by atoms with van der Waals surface area (Å²) in [6, 6.07) is 9.48. The van der Waals surface area contributed by atoms with Gasteiger partial charge in [0.05, 0.1) is 15.1 Å². The van der Waals surface area contributed by atoms with Crippen LogP contribution in [0, 0.1) is 0 Å². The zero-order chi connectivity index (χ0) is 36.8. The van der Waals surface area contributed by atoms with Gasteiger partial charge >= 0.3 is 0 Å². The lowest BCUT2D eigenvalue weighted by Crippen LogP contribution is -2.33. The highest BCUT2D eigenvalue weighted by Crippen LogP contribution is 2.47. The topological polar surface area (TPSA) is 26.0 Å². The second-order valence-electron chi connectivity index (χ2n) is 11.4. The van der Waals surface area contributed by atoms with Gasteiger partial charge in [0.1, 0.15) is 0 Å². The molecule has 0 atom stereocenters. The van der Waals surface area contributed by atoms with E-state index in [1.165, 1.54) is 0 Å². The predicted octanol–water partition coefficient (Wildman–Crippen LogP) is 10.3. The van der Waals surface area contributed by atoms with Crippen molar-refractivity contribution in [2.24, 2.45) is 0 Å². The van der Waals surface area contributed by atoms with Crippen molar-refractivity contribution in [3.63, 3.8) is 0 Å². The molecule has 5 aromatic carbocycles. The fourth-order valence-corrected chi connectivity index (χ4v) is 5.28. The Morgan fingerprint density at radius 2 is 1.13 bits per heavy atom. The molecule has 194 valence electrons. The largest absolute Gasteiger partial charge is 0.398 e. The van der Waals surface area contributed by atoms with Crippen molar-refractivity contribution >= 4 is 5.69 Å². The highest BCUT2D eigenvalue weighted by atomic mass is 14.6. The monoisotopic (exact) mass is 518 g/mol. The molecule has 0 heterocycles. The van der Waals surface area contributed by atoms with E-state index in [4.69, 9.17) is 15.3 Å². The summed E-state index contributed by atoms with van der Waals surface area (Å²) in [6.07, 6.45) is 1.59. The second-order valence-corrected chi connectivity index (χ2v) is 11.4. The Morgan fingerprint density at radius 3 is 1.82 bits per heavy atom. The van der Waals surface area contributed by atoms with Gasteiger partial charge in [-0.1, -0.05) is 125 Å². The van der Waals surface area contributed by atoms with Crippen LogP contribution in [-0.2, 0) is 10.8 Å². The van der Waals surface area contributed by atoms with Crippen LogP contribution in [0.15, 0.2) is 115 Å². The number of rotatable bonds is 4. The van der Waals surface area contributed by atoms with E-state index in [0.29, 0.717) is 16.7 Å². The molecule has 1 aliphatic carbocycles. The maximum absolute atomic E-state index is 9.46. The van der Waals surface area contributed by atoms with Gasteiger partial charge in [0.25, 0.3) is 0 Å². The lowest BCUT2D eigenvalue weighted by Gasteiger charge is -2.42. The summed E-state index contributed by atoms with van der Waals surface area (Å²) in [4.78, 5) is 0. The Bertz CT molecular complexity index is 2210. The number of hydrogen-bond acceptors (Lipinski definition) is 1. The number of hydrogen-bond donors (Lipinski definition) is 1. The molecule has 0 unspecified atom stereocenters. The number of fused-ring (bicyclic) bond motifs is 1. The summed E-state index contributed by atoms with van der Waals surface area (Å²) in [5, 5.41) is 0. The summed E-state index contributed by atoms with van der Waals surface area (Å²) in [5.41, 5.74) is 8.05. The van der Waals surface area contributed by atoms with Crippen molar-refractivity contribution in [3.8, 4) is 44.5 Å². The van der Waals surface area contributed by atoms with Crippen LogP contribution in [-0.4, -0.2) is 0 Å². The fourth-order valence-electron chi connectivity index (χ4n) is 5.28. The molecule has 1 aliphatic rings. The van der Waals surface area contributed by atoms with Gasteiger partial charge in [0.15, 0.2) is 0 Å². The van der Waals surface area contributed by atoms with Gasteiger partial charge in [-0.15, -0.1) is 0 Å². The first-order valence-electron chi connectivity index (χ1n) is 18.7. The van der Waals surface area contributed by atoms with Crippen LogP contribution in [0.4, 0.5) is 5.69 Å². The van der Waals surface area contributed by atoms with E-state index in [0.717, 1.165) is 12.8 Å². The highest BCUT2D eigenvalue weighted by Gasteiger charge is 2.37. The van der Waals surface area contributed by atoms with Crippen molar-refractivity contribution in [1.29, 1.82) is 0 Å². The van der Waals surface area contributed by atoms with Crippen molar-refractivity contribution in [3.05, 3.63) is 126 Å². The summed E-state index contributed by atoms with van der Waals surface area (Å²) in [7, 11) is 0. The molecular weight excluding hydrogens is 470 g/mol. The van der Waals surface area contributed by atoms with Crippen LogP contribution < -0.4 is 5.73 Å². The van der Waals surface area contributed by atoms with Crippen LogP contribution >= 0.6 is 0 Å². The Kier molecular flexibility index (Phi) is 3.80. The first-order chi connectivity index (χ1) is 23.3. The van der Waals surface area contributed by atoms with E-state index in [-0.39, 0.29) is 74.8 Å². The first kappa shape index (κ1) is 15.5. The molecule has 0 aromatic heterocycles. The van der Waals surface area contributed by atoms with E-state index in [9.17, 15) is 5.48 Å². The van der Waals surface area contributed by atoms with E-state index in [1.54, 1.807) is 48.5 Å². The summed E-state index contributed by atoms with van der Waals surface area (Å²) >= 11 is 0. The van der Waals surface area contributed by atoms with E-state index in [2.05, 4.69) is 0 Å². The molecule has 0 saturated carbocycles. The SMILES string of the molecule is [2H]c1c([2H])c([2H])c(-c2c([2H])c(-c3ccccc3)c([2H])c(-c3cccc(-c4c([2H])c([2H])c5c(c4[2H])C(C)(C)CCC5(C)C)c3N)c2[2H])c([2H])c1[2H]. The summed E-state index contributed by atoms with van der Waals surface area (Å²) < 4.78 is 97.9. The third-order valence-corrected chi connectivity index (χ3v) is 7.75. The fraction of sp³-hybridized carbons (Fsp3) is 0.211. The Morgan fingerprint density at radius 1 is 0.538 bits per heavy atom. The van der Waals surface area contributed by atoms with Gasteiger partial charge in [-0.05, 0) is 86.3 Å². The zero-order valence-electron chi connectivity index (χ0n) is 33.6. The molecule has 1 nitrogen and oxygen atoms in total. The number of nitrogen functional groups attached to an aromatic ring is 1. The lowest BCUT2D eigenvalue weighted by atomic mass is 9.63. The van der Waals surface area contributed by atoms with Gasteiger partial charge in [0, 0.05) is 16.8 Å². The number of benzene rings is 5. The third kappa shape index (κ3) is 4.68. The molecule has 6 rings (SSSR count). The molecular formula is C38H37N. The van der Waals surface area contributed by atoms with E-state index >= 15 is 0 Å². The molecule has 0 spiro atoms. The van der Waals surface area contributed by atoms with Gasteiger partial charge < -0.3 is 5.73 Å². The van der Waals surface area contributed by atoms with Gasteiger partial charge in [-0.25, -0.2) is 0 Å². The molecule has 0 saturated heterocycles. The van der Waals surface area contributed by atoms with Crippen molar-refractivity contribution in [2.75, 3.05) is 5.73 Å². The highest BCUT2D eigenvalue weighted by molar-refractivity contribution is 5.92. The van der Waals surface area contributed by atoms with Gasteiger partial charge in [-0.3, -0.25) is 0 Å². The van der Waals surface area contributed by atoms with Gasteiger partial charge in [0.2, 0.25) is 0 Å². The van der Waals surface area contributed by atoms with Crippen molar-refractivity contribution in [2.45, 2.75) is 51.4 Å². The number of nitrogens with two attached hydrogens (primary N) is 1. The Labute approximate surface area is 248 Å². The smallest absolute Gasteiger partial charge is 0.0636 e. The third-order valence-electron chi connectivity index (χ3n) is 7.75. The first-order valence-corrected chi connectivity index (χ1v) is 13.2. The lowest BCUT2D eigenvalue weighted by molar-refractivity contribution is 0.332. The average molecular weight is 519 g/mol. The van der Waals surface area contributed by atoms with Crippen molar-refractivity contribution < 1.29 is 15.1 Å². The molecule has 0 radical (unpaired) electrons. The van der Waals surface area contributed by atoms with Gasteiger partial charge in [-0.2, -0.15) is 0 Å².